The molecule has 1 aromatic carbocycles. The molecule has 0 aliphatic carbocycles. The number of halogens is 3. The zero-order valence-corrected chi connectivity index (χ0v) is 9.59. The van der Waals surface area contributed by atoms with Crippen LogP contribution in [0.2, 0.25) is 0 Å². The number of alkyl halides is 3. The largest absolute Gasteiger partial charge is 0.431 e. The first-order valence-electron chi connectivity index (χ1n) is 5.85. The first kappa shape index (κ1) is 11.6. The average molecular weight is 255 g/mol. The lowest BCUT2D eigenvalue weighted by molar-refractivity contribution is -0.143. The van der Waals surface area contributed by atoms with Crippen molar-refractivity contribution in [2.45, 2.75) is 25.6 Å². The van der Waals surface area contributed by atoms with Crippen molar-refractivity contribution >= 4 is 10.9 Å². The van der Waals surface area contributed by atoms with Crippen molar-refractivity contribution in [1.82, 2.24) is 4.57 Å². The zero-order chi connectivity index (χ0) is 12.9. The van der Waals surface area contributed by atoms with Crippen molar-refractivity contribution in [1.29, 1.82) is 0 Å². The maximum absolute atomic E-state index is 13.2. The van der Waals surface area contributed by atoms with Crippen LogP contribution in [-0.4, -0.2) is 16.3 Å². The molecule has 2 nitrogen and oxygen atoms in total. The minimum atomic E-state index is -4.37. The molecule has 1 aliphatic heterocycles. The number of aromatic nitrogens is 1. The summed E-state index contributed by atoms with van der Waals surface area (Å²) in [5.41, 5.74) is 1.29. The molecule has 0 radical (unpaired) electrons. The Bertz CT molecular complexity index is 613. The third-order valence-electron chi connectivity index (χ3n) is 3.51. The van der Waals surface area contributed by atoms with Crippen LogP contribution < -0.4 is 0 Å². The van der Waals surface area contributed by atoms with Crippen LogP contribution in [0.1, 0.15) is 16.8 Å². The highest BCUT2D eigenvalue weighted by molar-refractivity contribution is 5.89. The molecule has 3 rings (SSSR count). The molecule has 1 N–H and O–H groups in total. The Hall–Kier alpha value is -1.49. The van der Waals surface area contributed by atoms with E-state index in [9.17, 15) is 13.2 Å². The molecule has 0 saturated heterocycles. The first-order valence-corrected chi connectivity index (χ1v) is 5.85. The van der Waals surface area contributed by atoms with Gasteiger partial charge in [0.2, 0.25) is 0 Å². The number of nitrogens with zero attached hydrogens (tertiary/aromatic N) is 1. The van der Waals surface area contributed by atoms with Crippen molar-refractivity contribution in [3.63, 3.8) is 0 Å². The number of aliphatic hydroxyl groups excluding tert-OH is 1. The molecule has 1 aromatic heterocycles. The molecule has 0 atom stereocenters. The minimum Gasteiger partial charge on any atom is -0.396 e. The quantitative estimate of drug-likeness (QED) is 0.877. The van der Waals surface area contributed by atoms with E-state index in [0.717, 1.165) is 5.56 Å². The molecule has 0 unspecified atom stereocenters. The van der Waals surface area contributed by atoms with E-state index >= 15 is 0 Å². The van der Waals surface area contributed by atoms with E-state index in [0.29, 0.717) is 23.9 Å². The SMILES string of the molecule is OCCc1c(C(F)(F)F)n2c3c(cccc13)CC2. The number of hydrogen-bond acceptors (Lipinski definition) is 1. The van der Waals surface area contributed by atoms with Crippen LogP contribution >= 0.6 is 0 Å². The molecule has 0 spiro atoms. The Labute approximate surface area is 102 Å². The Kier molecular flexibility index (Phi) is 2.41. The molecular weight excluding hydrogens is 243 g/mol. The Morgan fingerprint density at radius 2 is 2.06 bits per heavy atom. The van der Waals surface area contributed by atoms with E-state index < -0.39 is 11.9 Å². The van der Waals surface area contributed by atoms with Gasteiger partial charge in [-0.15, -0.1) is 0 Å². The summed E-state index contributed by atoms with van der Waals surface area (Å²) >= 11 is 0. The van der Waals surface area contributed by atoms with Gasteiger partial charge in [-0.05, 0) is 24.0 Å². The van der Waals surface area contributed by atoms with Gasteiger partial charge in [-0.1, -0.05) is 18.2 Å². The van der Waals surface area contributed by atoms with Crippen LogP contribution in [0, 0.1) is 0 Å². The van der Waals surface area contributed by atoms with E-state index in [2.05, 4.69) is 0 Å². The highest BCUT2D eigenvalue weighted by Gasteiger charge is 2.40. The lowest BCUT2D eigenvalue weighted by Gasteiger charge is -2.12. The Balaban J connectivity index is 2.39. The van der Waals surface area contributed by atoms with Crippen molar-refractivity contribution in [3.8, 4) is 0 Å². The molecule has 0 fully saturated rings. The van der Waals surface area contributed by atoms with Crippen LogP contribution in [0.4, 0.5) is 13.2 Å². The molecule has 18 heavy (non-hydrogen) atoms. The lowest BCUT2D eigenvalue weighted by atomic mass is 10.0. The molecule has 0 saturated carbocycles. The standard InChI is InChI=1S/C13H12F3NO/c14-13(15,16)12-10(5-7-18)9-3-1-2-8-4-6-17(12)11(8)9/h1-3,18H,4-7H2. The zero-order valence-electron chi connectivity index (χ0n) is 9.59. The van der Waals surface area contributed by atoms with Crippen LogP contribution in [0.3, 0.4) is 0 Å². The van der Waals surface area contributed by atoms with Crippen LogP contribution in [0.15, 0.2) is 18.2 Å². The summed E-state index contributed by atoms with van der Waals surface area (Å²) in [6, 6.07) is 5.37. The summed E-state index contributed by atoms with van der Waals surface area (Å²) < 4.78 is 40.9. The maximum Gasteiger partial charge on any atom is 0.431 e. The smallest absolute Gasteiger partial charge is 0.396 e. The molecule has 0 bridgehead atoms. The number of hydrogen-bond donors (Lipinski definition) is 1. The number of aryl methyl sites for hydroxylation is 2. The highest BCUT2D eigenvalue weighted by Crippen LogP contribution is 2.41. The monoisotopic (exact) mass is 255 g/mol. The summed E-state index contributed by atoms with van der Waals surface area (Å²) in [5, 5.41) is 9.62. The van der Waals surface area contributed by atoms with Crippen molar-refractivity contribution in [3.05, 3.63) is 35.0 Å². The van der Waals surface area contributed by atoms with Crippen molar-refractivity contribution in [2.75, 3.05) is 6.61 Å². The second-order valence-electron chi connectivity index (χ2n) is 4.51. The van der Waals surface area contributed by atoms with Gasteiger partial charge in [-0.3, -0.25) is 0 Å². The van der Waals surface area contributed by atoms with Crippen LogP contribution in [0.5, 0.6) is 0 Å². The van der Waals surface area contributed by atoms with E-state index in [1.807, 2.05) is 6.07 Å². The Morgan fingerprint density at radius 1 is 1.28 bits per heavy atom. The van der Waals surface area contributed by atoms with E-state index in [4.69, 9.17) is 5.11 Å². The Morgan fingerprint density at radius 3 is 2.72 bits per heavy atom. The van der Waals surface area contributed by atoms with Gasteiger partial charge < -0.3 is 9.67 Å². The van der Waals surface area contributed by atoms with Gasteiger partial charge in [0, 0.05) is 18.5 Å². The summed E-state index contributed by atoms with van der Waals surface area (Å²) in [6.45, 7) is 0.0997. The van der Waals surface area contributed by atoms with Crippen LogP contribution in [0.25, 0.3) is 10.9 Å². The fourth-order valence-electron chi connectivity index (χ4n) is 2.90. The van der Waals surface area contributed by atoms with Crippen molar-refractivity contribution in [2.24, 2.45) is 0 Å². The molecule has 0 amide bonds. The summed E-state index contributed by atoms with van der Waals surface area (Å²) in [4.78, 5) is 0. The summed E-state index contributed by atoms with van der Waals surface area (Å²) in [5.74, 6) is 0. The summed E-state index contributed by atoms with van der Waals surface area (Å²) in [7, 11) is 0. The molecule has 5 heteroatoms. The third-order valence-corrected chi connectivity index (χ3v) is 3.51. The van der Waals surface area contributed by atoms with Gasteiger partial charge in [-0.2, -0.15) is 13.2 Å². The third kappa shape index (κ3) is 1.47. The van der Waals surface area contributed by atoms with E-state index in [1.54, 1.807) is 12.1 Å². The molecule has 2 aromatic rings. The second-order valence-corrected chi connectivity index (χ2v) is 4.51. The maximum atomic E-state index is 13.2. The van der Waals surface area contributed by atoms with Gasteiger partial charge in [-0.25, -0.2) is 0 Å². The number of para-hydroxylation sites is 1. The molecule has 96 valence electrons. The number of aliphatic hydroxyl groups is 1. The van der Waals surface area contributed by atoms with E-state index in [-0.39, 0.29) is 18.6 Å². The first-order chi connectivity index (χ1) is 8.54. The summed E-state index contributed by atoms with van der Waals surface area (Å²) in [6.07, 6.45) is -3.68. The fraction of sp³-hybridized carbons (Fsp3) is 0.385. The predicted molar refractivity (Wildman–Crippen MR) is 61.4 cm³/mol. The van der Waals surface area contributed by atoms with Gasteiger partial charge in [0.1, 0.15) is 5.69 Å². The molecule has 1 aliphatic rings. The minimum absolute atomic E-state index is 0.0434. The lowest BCUT2D eigenvalue weighted by Crippen LogP contribution is -2.15. The normalized spacial score (nSPS) is 14.7. The molecular formula is C13H12F3NO. The van der Waals surface area contributed by atoms with Gasteiger partial charge in [0.15, 0.2) is 0 Å². The van der Waals surface area contributed by atoms with Gasteiger partial charge >= 0.3 is 6.18 Å². The fourth-order valence-corrected chi connectivity index (χ4v) is 2.90. The van der Waals surface area contributed by atoms with E-state index in [1.165, 1.54) is 4.57 Å². The number of rotatable bonds is 2. The average Bonchev–Trinajstić information content (AvgIpc) is 2.83. The van der Waals surface area contributed by atoms with Crippen molar-refractivity contribution < 1.29 is 18.3 Å². The molecule has 2 heterocycles. The number of benzene rings is 1. The highest BCUT2D eigenvalue weighted by atomic mass is 19.4. The van der Waals surface area contributed by atoms with Crippen LogP contribution in [-0.2, 0) is 25.6 Å². The second kappa shape index (κ2) is 3.75. The van der Waals surface area contributed by atoms with Gasteiger partial charge in [0.05, 0.1) is 5.52 Å². The topological polar surface area (TPSA) is 25.2 Å². The predicted octanol–water partition coefficient (Wildman–Crippen LogP) is 2.75. The van der Waals surface area contributed by atoms with Gasteiger partial charge in [0.25, 0.3) is 0 Å².